The molecule has 11 atom stereocenters. The summed E-state index contributed by atoms with van der Waals surface area (Å²) in [6, 6.07) is 0. The zero-order valence-corrected chi connectivity index (χ0v) is 22.5. The van der Waals surface area contributed by atoms with Crippen LogP contribution in [0.3, 0.4) is 0 Å². The van der Waals surface area contributed by atoms with Gasteiger partial charge >= 0.3 is 0 Å². The van der Waals surface area contributed by atoms with E-state index in [4.69, 9.17) is 0 Å². The monoisotopic (exact) mass is 474 g/mol. The number of aliphatic hydroxyl groups excluding tert-OH is 4. The van der Waals surface area contributed by atoms with Crippen LogP contribution in [0.15, 0.2) is 11.6 Å². The summed E-state index contributed by atoms with van der Waals surface area (Å²) in [5.74, 6) is 2.13. The fraction of sp³-hybridized carbons (Fsp3) is 0.933. The second-order valence-electron chi connectivity index (χ2n) is 15.0. The van der Waals surface area contributed by atoms with Gasteiger partial charge in [0.15, 0.2) is 0 Å². The molecule has 0 aliphatic heterocycles. The van der Waals surface area contributed by atoms with Gasteiger partial charge in [-0.3, -0.25) is 0 Å². The van der Waals surface area contributed by atoms with E-state index in [9.17, 15) is 20.4 Å². The van der Waals surface area contributed by atoms with E-state index < -0.39 is 17.6 Å². The van der Waals surface area contributed by atoms with Crippen LogP contribution in [0.4, 0.5) is 0 Å². The Morgan fingerprint density at radius 2 is 1.59 bits per heavy atom. The number of rotatable bonds is 2. The predicted molar refractivity (Wildman–Crippen MR) is 135 cm³/mol. The van der Waals surface area contributed by atoms with Crippen molar-refractivity contribution in [1.82, 2.24) is 0 Å². The van der Waals surface area contributed by atoms with Crippen molar-refractivity contribution in [3.05, 3.63) is 11.6 Å². The van der Waals surface area contributed by atoms with Gasteiger partial charge in [-0.25, -0.2) is 0 Å². The van der Waals surface area contributed by atoms with Gasteiger partial charge in [-0.15, -0.1) is 0 Å². The summed E-state index contributed by atoms with van der Waals surface area (Å²) in [5, 5.41) is 42.9. The number of allylic oxidation sites excluding steroid dienone is 2. The summed E-state index contributed by atoms with van der Waals surface area (Å²) in [4.78, 5) is 0. The Morgan fingerprint density at radius 3 is 2.24 bits per heavy atom. The Balaban J connectivity index is 1.60. The minimum atomic E-state index is -0.871. The normalized spacial score (nSPS) is 56.4. The third kappa shape index (κ3) is 3.10. The molecule has 5 aliphatic rings. The molecule has 0 heterocycles. The van der Waals surface area contributed by atoms with Gasteiger partial charge in [0.05, 0.1) is 18.8 Å². The molecule has 0 aromatic carbocycles. The third-order valence-electron chi connectivity index (χ3n) is 13.0. The molecule has 5 rings (SSSR count). The van der Waals surface area contributed by atoms with E-state index in [0.717, 1.165) is 25.7 Å². The SMILES string of the molecule is CC1(C)CCC2C(C1)C1=CCC3[C@@]4(C)C[C@@H](O)[C@H](O)[C@@](C)(CO)C4CC[C@@]3(C)[C@]1(C)C[C@@H]2CO. The lowest BCUT2D eigenvalue weighted by Crippen LogP contribution is -2.68. The molecular formula is C30H50O4. The molecule has 4 nitrogen and oxygen atoms in total. The Hall–Kier alpha value is -0.420. The highest BCUT2D eigenvalue weighted by Gasteiger charge is 2.69. The lowest BCUT2D eigenvalue weighted by Gasteiger charge is -2.71. The van der Waals surface area contributed by atoms with Crippen molar-refractivity contribution in [1.29, 1.82) is 0 Å². The van der Waals surface area contributed by atoms with Crippen molar-refractivity contribution < 1.29 is 20.4 Å². The summed E-state index contributed by atoms with van der Waals surface area (Å²) < 4.78 is 0. The van der Waals surface area contributed by atoms with Gasteiger partial charge in [0.25, 0.3) is 0 Å². The predicted octanol–water partition coefficient (Wildman–Crippen LogP) is 4.94. The lowest BCUT2D eigenvalue weighted by molar-refractivity contribution is -0.244. The molecule has 0 radical (unpaired) electrons. The Kier molecular flexibility index (Phi) is 5.78. The first-order chi connectivity index (χ1) is 15.8. The lowest BCUT2D eigenvalue weighted by atomic mass is 9.33. The molecule has 0 aromatic rings. The number of hydrogen-bond donors (Lipinski definition) is 4. The summed E-state index contributed by atoms with van der Waals surface area (Å²) in [6.07, 6.45) is 9.42. The maximum atomic E-state index is 11.0. The van der Waals surface area contributed by atoms with Crippen LogP contribution in [-0.2, 0) is 0 Å². The zero-order chi connectivity index (χ0) is 24.9. The molecule has 4 fully saturated rings. The molecule has 5 aliphatic carbocycles. The molecule has 194 valence electrons. The maximum absolute atomic E-state index is 11.0. The van der Waals surface area contributed by atoms with Crippen LogP contribution in [0.2, 0.25) is 0 Å². The highest BCUT2D eigenvalue weighted by Crippen LogP contribution is 2.74. The molecule has 0 bridgehead atoms. The van der Waals surface area contributed by atoms with Crippen LogP contribution in [0.5, 0.6) is 0 Å². The van der Waals surface area contributed by atoms with Crippen LogP contribution in [0.1, 0.15) is 92.9 Å². The molecule has 4 saturated carbocycles. The maximum Gasteiger partial charge on any atom is 0.0877 e. The Bertz CT molecular complexity index is 851. The Morgan fingerprint density at radius 1 is 0.882 bits per heavy atom. The average Bonchev–Trinajstić information content (AvgIpc) is 2.76. The highest BCUT2D eigenvalue weighted by molar-refractivity contribution is 5.33. The van der Waals surface area contributed by atoms with E-state index in [2.05, 4.69) is 40.7 Å². The van der Waals surface area contributed by atoms with Crippen LogP contribution >= 0.6 is 0 Å². The first kappa shape index (κ1) is 25.2. The minimum absolute atomic E-state index is 0.0442. The van der Waals surface area contributed by atoms with Gasteiger partial charge in [0, 0.05) is 12.0 Å². The van der Waals surface area contributed by atoms with Crippen LogP contribution in [0, 0.1) is 56.7 Å². The number of aliphatic hydroxyl groups is 4. The largest absolute Gasteiger partial charge is 0.396 e. The topological polar surface area (TPSA) is 80.9 Å². The van der Waals surface area contributed by atoms with Crippen molar-refractivity contribution in [2.24, 2.45) is 56.7 Å². The molecule has 0 amide bonds. The highest BCUT2D eigenvalue weighted by atomic mass is 16.3. The molecule has 0 saturated heterocycles. The average molecular weight is 475 g/mol. The van der Waals surface area contributed by atoms with E-state index in [1.165, 1.54) is 19.3 Å². The molecule has 4 N–H and O–H groups in total. The minimum Gasteiger partial charge on any atom is -0.396 e. The van der Waals surface area contributed by atoms with Crippen LogP contribution in [0.25, 0.3) is 0 Å². The first-order valence-electron chi connectivity index (χ1n) is 14.1. The van der Waals surface area contributed by atoms with Gasteiger partial charge in [0.1, 0.15) is 0 Å². The van der Waals surface area contributed by atoms with Gasteiger partial charge in [0.2, 0.25) is 0 Å². The second kappa shape index (κ2) is 7.79. The van der Waals surface area contributed by atoms with Crippen molar-refractivity contribution >= 4 is 0 Å². The fourth-order valence-corrected chi connectivity index (χ4v) is 11.0. The number of fused-ring (bicyclic) bond motifs is 7. The first-order valence-corrected chi connectivity index (χ1v) is 14.1. The number of hydrogen-bond acceptors (Lipinski definition) is 4. The molecule has 4 unspecified atom stereocenters. The van der Waals surface area contributed by atoms with Crippen LogP contribution < -0.4 is 0 Å². The van der Waals surface area contributed by atoms with E-state index in [-0.39, 0.29) is 28.8 Å². The molecule has 0 spiro atoms. The van der Waals surface area contributed by atoms with Crippen molar-refractivity contribution in [3.63, 3.8) is 0 Å². The van der Waals surface area contributed by atoms with Gasteiger partial charge in [-0.1, -0.05) is 53.2 Å². The van der Waals surface area contributed by atoms with E-state index in [0.29, 0.717) is 42.1 Å². The molecule has 0 aromatic heterocycles. The van der Waals surface area contributed by atoms with Crippen molar-refractivity contribution in [2.45, 2.75) is 105 Å². The van der Waals surface area contributed by atoms with E-state index >= 15 is 0 Å². The van der Waals surface area contributed by atoms with Crippen molar-refractivity contribution in [3.8, 4) is 0 Å². The summed E-state index contributed by atoms with van der Waals surface area (Å²) in [7, 11) is 0. The molecular weight excluding hydrogens is 424 g/mol. The third-order valence-corrected chi connectivity index (χ3v) is 13.0. The van der Waals surface area contributed by atoms with E-state index in [1.54, 1.807) is 5.57 Å². The van der Waals surface area contributed by atoms with E-state index in [1.807, 2.05) is 6.92 Å². The van der Waals surface area contributed by atoms with Gasteiger partial charge in [-0.05, 0) is 103 Å². The fourth-order valence-electron chi connectivity index (χ4n) is 11.0. The smallest absolute Gasteiger partial charge is 0.0877 e. The standard InChI is InChI=1S/C30H50O4/c1-26(2)11-9-19-18(16-31)13-30(6)21(20(19)14-26)7-8-24-27(3)15-22(33)25(34)28(4,17-32)23(27)10-12-29(24,30)5/h7,18-20,22-25,31-34H,8-17H2,1-6H3/t18-,19?,20?,22-,23?,24?,25+,27+,28+,29-,30-/m1/s1. The molecule has 4 heteroatoms. The zero-order valence-electron chi connectivity index (χ0n) is 22.5. The van der Waals surface area contributed by atoms with Crippen LogP contribution in [-0.4, -0.2) is 45.8 Å². The quantitative estimate of drug-likeness (QED) is 0.427. The summed E-state index contributed by atoms with van der Waals surface area (Å²) in [5.41, 5.74) is 1.36. The molecule has 34 heavy (non-hydrogen) atoms. The van der Waals surface area contributed by atoms with Crippen molar-refractivity contribution in [2.75, 3.05) is 13.2 Å². The Labute approximate surface area is 207 Å². The van der Waals surface area contributed by atoms with Gasteiger partial charge in [-0.2, -0.15) is 0 Å². The summed E-state index contributed by atoms with van der Waals surface area (Å²) >= 11 is 0. The van der Waals surface area contributed by atoms with Gasteiger partial charge < -0.3 is 20.4 Å². The second-order valence-corrected chi connectivity index (χ2v) is 15.0. The summed E-state index contributed by atoms with van der Waals surface area (Å²) in [6.45, 7) is 14.4.